The predicted octanol–water partition coefficient (Wildman–Crippen LogP) is 7.04. The minimum Gasteiger partial charge on any atom is -0.469 e. The van der Waals surface area contributed by atoms with Gasteiger partial charge in [-0.2, -0.15) is 0 Å². The number of unbranched alkanes of at least 4 members (excludes halogenated alkanes) is 6. The minimum absolute atomic E-state index is 0.0560. The van der Waals surface area contributed by atoms with Gasteiger partial charge in [-0.25, -0.2) is 0 Å². The molecule has 0 saturated heterocycles. The lowest BCUT2D eigenvalue weighted by Gasteiger charge is -2.23. The first-order valence-electron chi connectivity index (χ1n) is 20.6. The number of aliphatic hydroxyl groups excluding tert-OH is 4. The van der Waals surface area contributed by atoms with Crippen LogP contribution in [-0.4, -0.2) is 92.4 Å². The summed E-state index contributed by atoms with van der Waals surface area (Å²) in [5, 5.41) is 62.2. The van der Waals surface area contributed by atoms with E-state index in [0.29, 0.717) is 51.4 Å². The van der Waals surface area contributed by atoms with Crippen molar-refractivity contribution in [1.29, 1.82) is 0 Å². The molecule has 0 aromatic rings. The van der Waals surface area contributed by atoms with Crippen molar-refractivity contribution in [2.75, 3.05) is 14.2 Å². The molecule has 2 aliphatic carbocycles. The summed E-state index contributed by atoms with van der Waals surface area (Å²) in [7, 11) is 2.78. The second-order valence-corrected chi connectivity index (χ2v) is 15.9. The third-order valence-electron chi connectivity index (χ3n) is 10.9. The number of rotatable bonds is 24. The predicted molar refractivity (Wildman–Crippen MR) is 214 cm³/mol. The quantitative estimate of drug-likeness (QED) is 0.0340. The van der Waals surface area contributed by atoms with Crippen molar-refractivity contribution in [1.82, 2.24) is 0 Å². The average molecular weight is 765 g/mol. The van der Waals surface area contributed by atoms with E-state index in [2.05, 4.69) is 23.3 Å². The molecular weight excluding hydrogens is 688 g/mol. The number of methoxy groups -OCH3 is 2. The number of hydrogen-bond donors (Lipinski definition) is 6. The van der Waals surface area contributed by atoms with Gasteiger partial charge in [-0.15, -0.1) is 0 Å². The molecule has 2 saturated carbocycles. The zero-order valence-corrected chi connectivity index (χ0v) is 34.3. The molecular formula is C44H76O10. The molecule has 0 spiro atoms. The zero-order chi connectivity index (χ0) is 40.6. The van der Waals surface area contributed by atoms with Gasteiger partial charge in [-0.3, -0.25) is 9.59 Å². The fourth-order valence-electron chi connectivity index (χ4n) is 7.36. The highest BCUT2D eigenvalue weighted by Crippen LogP contribution is 2.38. The third kappa shape index (κ3) is 20.5. The number of ether oxygens (including phenoxy) is 2. The van der Waals surface area contributed by atoms with Gasteiger partial charge in [0.1, 0.15) is 0 Å². The Bertz CT molecular complexity index is 1050. The van der Waals surface area contributed by atoms with Crippen LogP contribution in [0.5, 0.6) is 0 Å². The van der Waals surface area contributed by atoms with Crippen LogP contribution in [0.4, 0.5) is 0 Å². The van der Waals surface area contributed by atoms with E-state index >= 15 is 0 Å². The van der Waals surface area contributed by atoms with Crippen LogP contribution in [-0.2, 0) is 19.1 Å². The fraction of sp³-hybridized carbons (Fsp3) is 0.773. The van der Waals surface area contributed by atoms with Gasteiger partial charge in [0.2, 0.25) is 0 Å². The van der Waals surface area contributed by atoms with Gasteiger partial charge in [0.25, 0.3) is 0 Å². The number of carbonyl (C=O) groups is 2. The number of carbonyl (C=O) groups excluding carboxylic acids is 2. The van der Waals surface area contributed by atoms with E-state index in [0.717, 1.165) is 64.2 Å². The van der Waals surface area contributed by atoms with Crippen LogP contribution in [0.15, 0.2) is 48.6 Å². The lowest BCUT2D eigenvalue weighted by molar-refractivity contribution is -0.141. The van der Waals surface area contributed by atoms with Crippen molar-refractivity contribution in [2.24, 2.45) is 23.7 Å². The van der Waals surface area contributed by atoms with E-state index in [1.807, 2.05) is 36.5 Å². The summed E-state index contributed by atoms with van der Waals surface area (Å²) in [6, 6.07) is 0. The Balaban J connectivity index is 0.000000540. The Kier molecular flexibility index (Phi) is 25.1. The minimum atomic E-state index is -0.878. The molecule has 0 aromatic carbocycles. The Hall–Kier alpha value is -2.34. The number of allylic oxidation sites excluding steroid dienone is 4. The van der Waals surface area contributed by atoms with Gasteiger partial charge in [0, 0.05) is 37.5 Å². The molecule has 2 aliphatic rings. The van der Waals surface area contributed by atoms with Crippen molar-refractivity contribution < 1.29 is 49.7 Å². The number of aliphatic hydroxyl groups is 6. The van der Waals surface area contributed by atoms with Crippen molar-refractivity contribution in [3.63, 3.8) is 0 Å². The Morgan fingerprint density at radius 1 is 0.593 bits per heavy atom. The maximum absolute atomic E-state index is 11.1. The smallest absolute Gasteiger partial charge is 0.305 e. The van der Waals surface area contributed by atoms with Gasteiger partial charge >= 0.3 is 11.9 Å². The maximum atomic E-state index is 11.1. The molecule has 10 nitrogen and oxygen atoms in total. The van der Waals surface area contributed by atoms with Crippen LogP contribution in [0, 0.1) is 23.7 Å². The summed E-state index contributed by atoms with van der Waals surface area (Å²) in [5.41, 5.74) is -1.76. The van der Waals surface area contributed by atoms with Crippen LogP contribution >= 0.6 is 0 Å². The van der Waals surface area contributed by atoms with Gasteiger partial charge < -0.3 is 40.1 Å². The highest BCUT2D eigenvalue weighted by atomic mass is 16.5. The van der Waals surface area contributed by atoms with Gasteiger partial charge in [0.15, 0.2) is 0 Å². The standard InChI is InChI=1S/2C22H38O5/c2*1-4-5-10-14-22(2,26)15-13-18-17(19(23)16-20(18)24)11-8-6-7-9-12-21(25)27-3/h2*6,8,13,15,17-20,23-24,26H,4-5,7,9-12,14,16H2,1-3H3/b2*8-6-,15-13+/t17-,18-,19+,20-,22+;17-,18-,19+,20-,22-/m11/s1. The molecule has 0 amide bonds. The fourth-order valence-corrected chi connectivity index (χ4v) is 7.36. The topological polar surface area (TPSA) is 174 Å². The first kappa shape index (κ1) is 49.7. The SMILES string of the molecule is CCCCC[C@@](C)(O)/C=C/[C@@H]1[C@@H](C/C=C\CCCC(=O)OC)[C@@H](O)C[C@H]1O.CCCCC[C@](C)(O)/C=C/[C@@H]1[C@@H](C/C=C\CCCC(=O)OC)[C@@H](O)C[C@H]1O. The van der Waals surface area contributed by atoms with Crippen LogP contribution in [0.3, 0.4) is 0 Å². The van der Waals surface area contributed by atoms with Crippen molar-refractivity contribution in [2.45, 2.75) is 179 Å². The second kappa shape index (κ2) is 27.3. The van der Waals surface area contributed by atoms with Crippen molar-refractivity contribution in [3.05, 3.63) is 48.6 Å². The van der Waals surface area contributed by atoms with E-state index < -0.39 is 35.6 Å². The third-order valence-corrected chi connectivity index (χ3v) is 10.9. The van der Waals surface area contributed by atoms with Crippen LogP contribution < -0.4 is 0 Å². The molecule has 10 heteroatoms. The van der Waals surface area contributed by atoms with E-state index in [-0.39, 0.29) is 35.6 Å². The molecule has 54 heavy (non-hydrogen) atoms. The molecule has 6 N–H and O–H groups in total. The Morgan fingerprint density at radius 3 is 1.30 bits per heavy atom. The number of hydrogen-bond acceptors (Lipinski definition) is 10. The molecule has 0 heterocycles. The summed E-state index contributed by atoms with van der Waals surface area (Å²) < 4.78 is 9.22. The van der Waals surface area contributed by atoms with E-state index in [1.165, 1.54) is 14.2 Å². The highest BCUT2D eigenvalue weighted by Gasteiger charge is 2.40. The monoisotopic (exact) mass is 765 g/mol. The van der Waals surface area contributed by atoms with Crippen molar-refractivity contribution >= 4 is 11.9 Å². The number of esters is 2. The van der Waals surface area contributed by atoms with Crippen molar-refractivity contribution in [3.8, 4) is 0 Å². The maximum Gasteiger partial charge on any atom is 0.305 e. The lowest BCUT2D eigenvalue weighted by atomic mass is 9.88. The summed E-state index contributed by atoms with van der Waals surface area (Å²) in [4.78, 5) is 22.2. The van der Waals surface area contributed by atoms with E-state index in [4.69, 9.17) is 0 Å². The summed E-state index contributed by atoms with van der Waals surface area (Å²) in [6.45, 7) is 7.86. The summed E-state index contributed by atoms with van der Waals surface area (Å²) >= 11 is 0. The molecule has 312 valence electrons. The molecule has 0 aliphatic heterocycles. The van der Waals surface area contributed by atoms with Gasteiger partial charge in [-0.05, 0) is 77.0 Å². The Labute approximate surface area is 326 Å². The van der Waals surface area contributed by atoms with E-state index in [1.54, 1.807) is 26.0 Å². The summed E-state index contributed by atoms with van der Waals surface area (Å²) in [5.74, 6) is -0.823. The van der Waals surface area contributed by atoms with Gasteiger partial charge in [-0.1, -0.05) is 101 Å². The Morgan fingerprint density at radius 2 is 0.963 bits per heavy atom. The summed E-state index contributed by atoms with van der Waals surface area (Å²) in [6.07, 6.45) is 26.9. The normalized spacial score (nSPS) is 28.1. The highest BCUT2D eigenvalue weighted by molar-refractivity contribution is 5.69. The largest absolute Gasteiger partial charge is 0.469 e. The van der Waals surface area contributed by atoms with Crippen LogP contribution in [0.25, 0.3) is 0 Å². The first-order chi connectivity index (χ1) is 25.6. The van der Waals surface area contributed by atoms with E-state index in [9.17, 15) is 40.2 Å². The molecule has 0 radical (unpaired) electrons. The lowest BCUT2D eigenvalue weighted by Crippen LogP contribution is -2.24. The average Bonchev–Trinajstić information content (AvgIpc) is 3.55. The first-order valence-corrected chi connectivity index (χ1v) is 20.6. The molecule has 0 bridgehead atoms. The molecule has 2 fully saturated rings. The van der Waals surface area contributed by atoms with Crippen LogP contribution in [0.2, 0.25) is 0 Å². The molecule has 0 aromatic heterocycles. The molecule has 0 unspecified atom stereocenters. The molecule has 2 rings (SSSR count). The van der Waals surface area contributed by atoms with Gasteiger partial charge in [0.05, 0.1) is 49.8 Å². The molecule has 10 atom stereocenters. The zero-order valence-electron chi connectivity index (χ0n) is 34.3. The second-order valence-electron chi connectivity index (χ2n) is 15.9. The van der Waals surface area contributed by atoms with Crippen LogP contribution in [0.1, 0.15) is 143 Å².